The van der Waals surface area contributed by atoms with Crippen molar-refractivity contribution >= 4 is 56.1 Å². The third-order valence-corrected chi connectivity index (χ3v) is 6.78. The van der Waals surface area contributed by atoms with Crippen molar-refractivity contribution in [1.82, 2.24) is 9.29 Å². The maximum absolute atomic E-state index is 12.9. The summed E-state index contributed by atoms with van der Waals surface area (Å²) in [5, 5.41) is 3.22. The van der Waals surface area contributed by atoms with Crippen molar-refractivity contribution in [2.24, 2.45) is 7.05 Å². The van der Waals surface area contributed by atoms with E-state index in [-0.39, 0.29) is 10.5 Å². The van der Waals surface area contributed by atoms with Gasteiger partial charge in [-0.15, -0.1) is 0 Å². The minimum Gasteiger partial charge on any atom is -0.408 e. The Hall–Kier alpha value is -2.27. The molecule has 0 spiro atoms. The van der Waals surface area contributed by atoms with Crippen LogP contribution in [0, 0.1) is 0 Å². The quantitative estimate of drug-likeness (QED) is 0.525. The molecule has 8 nitrogen and oxygen atoms in total. The number of hydrogen-bond donors (Lipinski definition) is 2. The van der Waals surface area contributed by atoms with Gasteiger partial charge in [-0.05, 0) is 54.8 Å². The summed E-state index contributed by atoms with van der Waals surface area (Å²) >= 11 is 7.35. The lowest BCUT2D eigenvalue weighted by molar-refractivity contribution is -0.117. The fourth-order valence-corrected chi connectivity index (χ4v) is 4.62. The summed E-state index contributed by atoms with van der Waals surface area (Å²) in [6.07, 6.45) is 2.16. The van der Waals surface area contributed by atoms with E-state index < -0.39 is 27.7 Å². The van der Waals surface area contributed by atoms with Gasteiger partial charge < -0.3 is 9.73 Å². The molecule has 0 unspecified atom stereocenters. The van der Waals surface area contributed by atoms with Gasteiger partial charge >= 0.3 is 5.76 Å². The molecular weight excluding hydrogens is 450 g/mol. The molecule has 160 valence electrons. The summed E-state index contributed by atoms with van der Waals surface area (Å²) in [5.74, 6) is -0.497. The Kier molecular flexibility index (Phi) is 6.91. The topological polar surface area (TPSA) is 110 Å². The normalized spacial score (nSPS) is 12.8. The van der Waals surface area contributed by atoms with E-state index in [1.807, 2.05) is 6.26 Å². The average Bonchev–Trinajstić information content (AvgIpc) is 3.00. The second-order valence-corrected chi connectivity index (χ2v) is 9.64. The van der Waals surface area contributed by atoms with E-state index in [0.717, 1.165) is 0 Å². The fraction of sp³-hybridized carbons (Fsp3) is 0.263. The van der Waals surface area contributed by atoms with Crippen LogP contribution in [0.5, 0.6) is 0 Å². The van der Waals surface area contributed by atoms with Gasteiger partial charge in [0.05, 0.1) is 10.4 Å². The van der Waals surface area contributed by atoms with Gasteiger partial charge in [-0.1, -0.05) is 11.6 Å². The van der Waals surface area contributed by atoms with E-state index in [2.05, 4.69) is 10.0 Å². The first-order valence-corrected chi connectivity index (χ1v) is 12.1. The number of carbonyl (C=O) groups is 1. The van der Waals surface area contributed by atoms with Crippen LogP contribution in [-0.2, 0) is 21.9 Å². The van der Waals surface area contributed by atoms with Crippen LogP contribution >= 0.6 is 23.4 Å². The Morgan fingerprint density at radius 1 is 1.23 bits per heavy atom. The van der Waals surface area contributed by atoms with E-state index in [0.29, 0.717) is 28.4 Å². The number of rotatable bonds is 8. The molecule has 11 heteroatoms. The molecule has 0 radical (unpaired) electrons. The number of benzene rings is 2. The summed E-state index contributed by atoms with van der Waals surface area (Å²) in [5.41, 5.74) is 1.13. The van der Waals surface area contributed by atoms with E-state index in [1.54, 1.807) is 24.3 Å². The minimum atomic E-state index is -4.04. The number of aryl methyl sites for hydroxylation is 1. The SMILES string of the molecule is CSCC[C@@H](NS(=O)(=O)c1ccc2c(c1)oc(=O)n2C)C(=O)Nc1ccc(Cl)cc1. The summed E-state index contributed by atoms with van der Waals surface area (Å²) in [6, 6.07) is 9.64. The van der Waals surface area contributed by atoms with Crippen molar-refractivity contribution < 1.29 is 17.6 Å². The van der Waals surface area contributed by atoms with E-state index in [1.165, 1.54) is 41.6 Å². The van der Waals surface area contributed by atoms with Gasteiger partial charge in [-0.25, -0.2) is 13.2 Å². The van der Waals surface area contributed by atoms with Gasteiger partial charge in [0.2, 0.25) is 15.9 Å². The van der Waals surface area contributed by atoms with Crippen molar-refractivity contribution in [3.8, 4) is 0 Å². The Bertz CT molecular complexity index is 1220. The van der Waals surface area contributed by atoms with Crippen LogP contribution in [0.3, 0.4) is 0 Å². The van der Waals surface area contributed by atoms with Gasteiger partial charge in [0.25, 0.3) is 0 Å². The summed E-state index contributed by atoms with van der Waals surface area (Å²) in [6.45, 7) is 0. The summed E-state index contributed by atoms with van der Waals surface area (Å²) in [7, 11) is -2.51. The van der Waals surface area contributed by atoms with E-state index >= 15 is 0 Å². The third kappa shape index (κ3) is 5.07. The number of carbonyl (C=O) groups excluding carboxylic acids is 1. The van der Waals surface area contributed by atoms with Crippen molar-refractivity contribution in [3.63, 3.8) is 0 Å². The number of hydrogen-bond acceptors (Lipinski definition) is 6. The van der Waals surface area contributed by atoms with Gasteiger partial charge in [0.15, 0.2) is 5.58 Å². The van der Waals surface area contributed by atoms with Crippen LogP contribution in [0.15, 0.2) is 56.6 Å². The molecule has 1 amide bonds. The predicted octanol–water partition coefficient (Wildman–Crippen LogP) is 2.82. The van der Waals surface area contributed by atoms with Crippen molar-refractivity contribution in [2.45, 2.75) is 17.4 Å². The summed E-state index contributed by atoms with van der Waals surface area (Å²) < 4.78 is 34.6. The molecule has 0 aliphatic carbocycles. The number of amides is 1. The molecule has 0 aliphatic rings. The molecule has 0 saturated carbocycles. The third-order valence-electron chi connectivity index (χ3n) is 4.41. The monoisotopic (exact) mass is 469 g/mol. The van der Waals surface area contributed by atoms with Gasteiger partial charge in [-0.2, -0.15) is 16.5 Å². The molecule has 2 aromatic carbocycles. The number of fused-ring (bicyclic) bond motifs is 1. The number of thioether (sulfide) groups is 1. The van der Waals surface area contributed by atoms with Crippen LogP contribution in [0.25, 0.3) is 11.1 Å². The average molecular weight is 470 g/mol. The predicted molar refractivity (Wildman–Crippen MR) is 119 cm³/mol. The first kappa shape index (κ1) is 22.4. The largest absolute Gasteiger partial charge is 0.419 e. The Labute approximate surface area is 182 Å². The fourth-order valence-electron chi connectivity index (χ4n) is 2.78. The van der Waals surface area contributed by atoms with Crippen LogP contribution < -0.4 is 15.8 Å². The molecule has 30 heavy (non-hydrogen) atoms. The number of halogens is 1. The molecule has 0 aliphatic heterocycles. The molecule has 1 aromatic heterocycles. The maximum Gasteiger partial charge on any atom is 0.419 e. The Balaban J connectivity index is 1.84. The first-order valence-electron chi connectivity index (χ1n) is 8.88. The smallest absolute Gasteiger partial charge is 0.408 e. The lowest BCUT2D eigenvalue weighted by Gasteiger charge is -2.18. The lowest BCUT2D eigenvalue weighted by Crippen LogP contribution is -2.44. The van der Waals surface area contributed by atoms with Gasteiger partial charge in [0.1, 0.15) is 6.04 Å². The maximum atomic E-state index is 12.9. The number of anilines is 1. The number of aromatic nitrogens is 1. The lowest BCUT2D eigenvalue weighted by atomic mass is 10.2. The minimum absolute atomic E-state index is 0.0993. The molecule has 0 saturated heterocycles. The Morgan fingerprint density at radius 3 is 2.60 bits per heavy atom. The first-order chi connectivity index (χ1) is 14.2. The van der Waals surface area contributed by atoms with Crippen molar-refractivity contribution in [1.29, 1.82) is 0 Å². The zero-order valence-electron chi connectivity index (χ0n) is 16.2. The van der Waals surface area contributed by atoms with E-state index in [9.17, 15) is 18.0 Å². The molecule has 1 atom stereocenters. The highest BCUT2D eigenvalue weighted by atomic mass is 35.5. The molecule has 1 heterocycles. The highest BCUT2D eigenvalue weighted by Crippen LogP contribution is 2.19. The molecule has 0 bridgehead atoms. The van der Waals surface area contributed by atoms with Crippen LogP contribution in [0.2, 0.25) is 5.02 Å². The second-order valence-electron chi connectivity index (χ2n) is 6.51. The van der Waals surface area contributed by atoms with Gasteiger partial charge in [-0.3, -0.25) is 9.36 Å². The zero-order valence-corrected chi connectivity index (χ0v) is 18.6. The number of nitrogens with one attached hydrogen (secondary N) is 2. The van der Waals surface area contributed by atoms with Crippen LogP contribution in [0.4, 0.5) is 5.69 Å². The highest BCUT2D eigenvalue weighted by molar-refractivity contribution is 7.98. The Morgan fingerprint density at radius 2 is 1.93 bits per heavy atom. The van der Waals surface area contributed by atoms with Crippen LogP contribution in [0.1, 0.15) is 6.42 Å². The molecule has 3 aromatic rings. The zero-order chi connectivity index (χ0) is 21.9. The molecule has 0 fully saturated rings. The highest BCUT2D eigenvalue weighted by Gasteiger charge is 2.26. The molecular formula is C19H20ClN3O5S2. The number of nitrogens with zero attached hydrogens (tertiary/aromatic N) is 1. The number of oxazole rings is 1. The van der Waals surface area contributed by atoms with Crippen molar-refractivity contribution in [2.75, 3.05) is 17.3 Å². The number of sulfonamides is 1. The summed E-state index contributed by atoms with van der Waals surface area (Å²) in [4.78, 5) is 24.3. The van der Waals surface area contributed by atoms with Crippen molar-refractivity contribution in [3.05, 3.63) is 58.0 Å². The van der Waals surface area contributed by atoms with Crippen LogP contribution in [-0.4, -0.2) is 36.9 Å². The standard InChI is InChI=1S/C19H20ClN3O5S2/c1-23-16-8-7-14(11-17(16)28-19(23)25)30(26,27)22-15(9-10-29-2)18(24)21-13-5-3-12(20)4-6-13/h3-8,11,15,22H,9-10H2,1-2H3,(H,21,24)/t15-/m1/s1. The molecule has 2 N–H and O–H groups in total. The van der Waals surface area contributed by atoms with E-state index in [4.69, 9.17) is 16.0 Å². The van der Waals surface area contributed by atoms with Gasteiger partial charge in [0, 0.05) is 23.8 Å². The molecule has 3 rings (SSSR count). The second kappa shape index (κ2) is 9.25.